The molecule has 0 aliphatic heterocycles. The molecule has 0 aromatic carbocycles. The van der Waals surface area contributed by atoms with Crippen LogP contribution in [0.2, 0.25) is 0 Å². The highest BCUT2D eigenvalue weighted by molar-refractivity contribution is 5.77. The van der Waals surface area contributed by atoms with Crippen LogP contribution in [0.1, 0.15) is 201 Å². The number of hydrogen-bond donors (Lipinski definition) is 3. The minimum absolute atomic E-state index is 0.0407. The molecule has 0 radical (unpaired) electrons. The van der Waals surface area contributed by atoms with Gasteiger partial charge in [-0.1, -0.05) is 183 Å². The number of amides is 1. The number of carbonyl (C=O) groups is 2. The molecule has 0 aliphatic rings. The molecule has 0 rings (SSSR count). The zero-order chi connectivity index (χ0) is 41.7. The third-order valence-electron chi connectivity index (χ3n) is 9.97. The van der Waals surface area contributed by atoms with Crippen LogP contribution in [0.4, 0.5) is 0 Å². The molecular weight excluding hydrogens is 707 g/mol. The summed E-state index contributed by atoms with van der Waals surface area (Å²) in [5.74, 6) is -0.567. The van der Waals surface area contributed by atoms with Crippen LogP contribution in [0.3, 0.4) is 0 Å². The molecule has 0 fully saturated rings. The smallest absolute Gasteiger partial charge is 0.306 e. The first kappa shape index (κ1) is 54.0. The number of unbranched alkanes of at least 4 members (excludes halogenated alkanes) is 14. The van der Waals surface area contributed by atoms with E-state index >= 15 is 0 Å². The molecule has 3 atom stereocenters. The van der Waals surface area contributed by atoms with Crippen molar-refractivity contribution in [3.63, 3.8) is 0 Å². The first-order chi connectivity index (χ1) is 28.0. The lowest BCUT2D eigenvalue weighted by Crippen LogP contribution is -2.46. The Kier molecular flexibility index (Phi) is 41.9. The molecule has 6 heteroatoms. The predicted octanol–water partition coefficient (Wildman–Crippen LogP) is 13.6. The van der Waals surface area contributed by atoms with Crippen molar-refractivity contribution in [2.45, 2.75) is 219 Å². The summed E-state index contributed by atoms with van der Waals surface area (Å²) in [7, 11) is 0. The molecule has 0 aromatic heterocycles. The quantitative estimate of drug-likeness (QED) is 0.0326. The van der Waals surface area contributed by atoms with Crippen molar-refractivity contribution >= 4 is 11.9 Å². The number of aliphatic hydroxyl groups is 2. The van der Waals surface area contributed by atoms with Gasteiger partial charge in [0.15, 0.2) is 0 Å². The van der Waals surface area contributed by atoms with Gasteiger partial charge < -0.3 is 20.3 Å². The van der Waals surface area contributed by atoms with Crippen LogP contribution in [0.25, 0.3) is 0 Å². The summed E-state index contributed by atoms with van der Waals surface area (Å²) >= 11 is 0. The molecule has 0 spiro atoms. The molecule has 3 N–H and O–H groups in total. The molecule has 1 amide bonds. The number of esters is 1. The number of nitrogens with one attached hydrogen (secondary N) is 1. The van der Waals surface area contributed by atoms with Crippen molar-refractivity contribution in [1.29, 1.82) is 0 Å². The van der Waals surface area contributed by atoms with Crippen molar-refractivity contribution in [2.24, 2.45) is 0 Å². The van der Waals surface area contributed by atoms with Crippen LogP contribution < -0.4 is 5.32 Å². The van der Waals surface area contributed by atoms with E-state index in [4.69, 9.17) is 4.74 Å². The average molecular weight is 794 g/mol. The fraction of sp³-hybridized carbons (Fsp3) is 0.686. The molecular formula is C51H87NO5. The molecule has 6 nitrogen and oxygen atoms in total. The minimum atomic E-state index is -0.803. The maximum Gasteiger partial charge on any atom is 0.306 e. The second-order valence-corrected chi connectivity index (χ2v) is 15.4. The zero-order valence-electron chi connectivity index (χ0n) is 36.9. The Morgan fingerprint density at radius 3 is 1.44 bits per heavy atom. The van der Waals surface area contributed by atoms with Crippen LogP contribution in [-0.2, 0) is 14.3 Å². The number of carbonyl (C=O) groups excluding carboxylic acids is 2. The van der Waals surface area contributed by atoms with Crippen molar-refractivity contribution in [3.05, 3.63) is 85.1 Å². The molecule has 326 valence electrons. The standard InChI is InChI=1S/C51H87NO5/c1-4-7-10-13-16-19-21-23-24-25-26-27-29-32-35-38-41-44-51(56)57-47(42-39-36-33-31-28-22-20-17-14-11-8-5-2)45-50(55)52-48(46-53)49(54)43-40-37-34-30-18-15-12-9-6-3/h7-8,10-11,16-17,19-20,23-24,26-27,32,35,47-49,53-54H,4-6,9,12-15,18,21-22,25,28-31,33-34,36-46H2,1-3H3,(H,52,55)/b10-7-,11-8+,19-16-,20-17+,24-23-,27-26-,35-32-. The minimum Gasteiger partial charge on any atom is -0.462 e. The highest BCUT2D eigenvalue weighted by atomic mass is 16.5. The highest BCUT2D eigenvalue weighted by Gasteiger charge is 2.24. The third kappa shape index (κ3) is 39.6. The number of hydrogen-bond acceptors (Lipinski definition) is 5. The predicted molar refractivity (Wildman–Crippen MR) is 245 cm³/mol. The van der Waals surface area contributed by atoms with Gasteiger partial charge in [-0.3, -0.25) is 9.59 Å². The lowest BCUT2D eigenvalue weighted by molar-refractivity contribution is -0.151. The topological polar surface area (TPSA) is 95.9 Å². The second kappa shape index (κ2) is 44.1. The summed E-state index contributed by atoms with van der Waals surface area (Å²) < 4.78 is 5.87. The molecule has 0 saturated carbocycles. The zero-order valence-corrected chi connectivity index (χ0v) is 36.9. The van der Waals surface area contributed by atoms with E-state index in [1.165, 1.54) is 38.5 Å². The van der Waals surface area contributed by atoms with Gasteiger partial charge in [0.25, 0.3) is 0 Å². The van der Waals surface area contributed by atoms with Crippen LogP contribution in [0, 0.1) is 0 Å². The number of ether oxygens (including phenoxy) is 1. The molecule has 57 heavy (non-hydrogen) atoms. The van der Waals surface area contributed by atoms with E-state index < -0.39 is 18.2 Å². The maximum atomic E-state index is 13.1. The van der Waals surface area contributed by atoms with E-state index in [1.54, 1.807) is 0 Å². The fourth-order valence-electron chi connectivity index (χ4n) is 6.50. The number of allylic oxidation sites excluding steroid dienone is 14. The first-order valence-corrected chi connectivity index (χ1v) is 23.3. The summed E-state index contributed by atoms with van der Waals surface area (Å²) in [6.45, 7) is 6.20. The van der Waals surface area contributed by atoms with Gasteiger partial charge in [-0.15, -0.1) is 0 Å². The van der Waals surface area contributed by atoms with Gasteiger partial charge in [-0.2, -0.15) is 0 Å². The fourth-order valence-corrected chi connectivity index (χ4v) is 6.50. The molecule has 3 unspecified atom stereocenters. The van der Waals surface area contributed by atoms with Gasteiger partial charge in [0.05, 0.1) is 25.2 Å². The van der Waals surface area contributed by atoms with Gasteiger partial charge >= 0.3 is 5.97 Å². The summed E-state index contributed by atoms with van der Waals surface area (Å²) in [6.07, 6.45) is 56.5. The van der Waals surface area contributed by atoms with Crippen LogP contribution >= 0.6 is 0 Å². The molecule has 0 heterocycles. The average Bonchev–Trinajstić information content (AvgIpc) is 3.20. The Balaban J connectivity index is 4.71. The van der Waals surface area contributed by atoms with Crippen LogP contribution in [-0.4, -0.2) is 46.9 Å². The Labute approximate surface area is 351 Å². The molecule has 0 saturated heterocycles. The maximum absolute atomic E-state index is 13.1. The summed E-state index contributed by atoms with van der Waals surface area (Å²) in [5, 5.41) is 23.6. The number of rotatable bonds is 40. The van der Waals surface area contributed by atoms with Crippen molar-refractivity contribution in [3.8, 4) is 0 Å². The van der Waals surface area contributed by atoms with Gasteiger partial charge in [0.2, 0.25) is 5.91 Å². The van der Waals surface area contributed by atoms with Crippen LogP contribution in [0.15, 0.2) is 85.1 Å². The lowest BCUT2D eigenvalue weighted by Gasteiger charge is -2.24. The summed E-state index contributed by atoms with van der Waals surface area (Å²) in [5.41, 5.74) is 0. The van der Waals surface area contributed by atoms with Crippen LogP contribution in [0.5, 0.6) is 0 Å². The van der Waals surface area contributed by atoms with E-state index in [0.29, 0.717) is 25.7 Å². The first-order valence-electron chi connectivity index (χ1n) is 23.3. The van der Waals surface area contributed by atoms with E-state index in [9.17, 15) is 19.8 Å². The Bertz CT molecular complexity index is 1120. The van der Waals surface area contributed by atoms with Gasteiger partial charge in [0, 0.05) is 6.42 Å². The second-order valence-electron chi connectivity index (χ2n) is 15.4. The summed E-state index contributed by atoms with van der Waals surface area (Å²) in [6, 6.07) is -0.719. The monoisotopic (exact) mass is 794 g/mol. The Morgan fingerprint density at radius 1 is 0.526 bits per heavy atom. The molecule has 0 bridgehead atoms. The summed E-state index contributed by atoms with van der Waals surface area (Å²) in [4.78, 5) is 26.0. The van der Waals surface area contributed by atoms with E-state index in [0.717, 1.165) is 109 Å². The van der Waals surface area contributed by atoms with E-state index in [2.05, 4.69) is 111 Å². The lowest BCUT2D eigenvalue weighted by atomic mass is 10.0. The van der Waals surface area contributed by atoms with Gasteiger partial charge in [0.1, 0.15) is 6.10 Å². The van der Waals surface area contributed by atoms with Crippen molar-refractivity contribution < 1.29 is 24.5 Å². The number of aliphatic hydroxyl groups excluding tert-OH is 2. The van der Waals surface area contributed by atoms with Gasteiger partial charge in [-0.25, -0.2) is 0 Å². The molecule has 0 aromatic rings. The van der Waals surface area contributed by atoms with E-state index in [1.807, 2.05) is 0 Å². The normalized spacial score (nSPS) is 14.1. The SMILES string of the molecule is CC/C=C\C/C=C\C/C=C\C/C=C\C/C=C\CCCC(=O)OC(CCCCCCC/C=C/C/C=C/CC)CC(=O)NC(CO)C(O)CCCCCCCCCCC. The van der Waals surface area contributed by atoms with Crippen molar-refractivity contribution in [1.82, 2.24) is 5.32 Å². The third-order valence-corrected chi connectivity index (χ3v) is 9.97. The van der Waals surface area contributed by atoms with E-state index in [-0.39, 0.29) is 24.9 Å². The van der Waals surface area contributed by atoms with Crippen molar-refractivity contribution in [2.75, 3.05) is 6.61 Å². The molecule has 0 aliphatic carbocycles. The highest BCUT2D eigenvalue weighted by Crippen LogP contribution is 2.16. The Hall–Kier alpha value is -2.96. The Morgan fingerprint density at radius 2 is 0.947 bits per heavy atom. The largest absolute Gasteiger partial charge is 0.462 e. The van der Waals surface area contributed by atoms with Gasteiger partial charge in [-0.05, 0) is 89.9 Å².